The lowest BCUT2D eigenvalue weighted by atomic mass is 10.2. The van der Waals surface area contributed by atoms with E-state index >= 15 is 0 Å². The van der Waals surface area contributed by atoms with Gasteiger partial charge in [0.15, 0.2) is 0 Å². The first kappa shape index (κ1) is 12.1. The average Bonchev–Trinajstić information content (AvgIpc) is 3.07. The minimum atomic E-state index is 0.0589. The van der Waals surface area contributed by atoms with Gasteiger partial charge in [0.25, 0.3) is 0 Å². The molecule has 0 aliphatic heterocycles. The van der Waals surface area contributed by atoms with E-state index in [1.165, 1.54) is 12.8 Å². The Labute approximate surface area is 101 Å². The van der Waals surface area contributed by atoms with Gasteiger partial charge in [-0.2, -0.15) is 0 Å². The van der Waals surface area contributed by atoms with E-state index in [1.807, 2.05) is 13.8 Å². The van der Waals surface area contributed by atoms with Crippen LogP contribution in [0.3, 0.4) is 0 Å². The maximum Gasteiger partial charge on any atom is 0.233 e. The second-order valence-corrected chi connectivity index (χ2v) is 4.65. The lowest BCUT2D eigenvalue weighted by molar-refractivity contribution is -0.120. The molecule has 1 saturated carbocycles. The van der Waals surface area contributed by atoms with Gasteiger partial charge < -0.3 is 15.2 Å². The van der Waals surface area contributed by atoms with Crippen LogP contribution in [0, 0.1) is 19.8 Å². The molecule has 0 radical (unpaired) electrons. The fourth-order valence-corrected chi connectivity index (χ4v) is 1.70. The standard InChI is InChI=1S/C12H19N3O2/c1-8-11(9(2)17-15-8)6-13-7-12(16)14-5-10-3-4-10/h10,13H,3-7H2,1-2H3,(H,14,16). The number of carbonyl (C=O) groups excluding carboxylic acids is 1. The van der Waals surface area contributed by atoms with Crippen LogP contribution in [0.25, 0.3) is 0 Å². The molecular formula is C12H19N3O2. The number of aromatic nitrogens is 1. The van der Waals surface area contributed by atoms with E-state index in [0.29, 0.717) is 13.1 Å². The van der Waals surface area contributed by atoms with Crippen molar-refractivity contribution in [3.05, 3.63) is 17.0 Å². The van der Waals surface area contributed by atoms with Crippen LogP contribution in [-0.4, -0.2) is 24.2 Å². The Kier molecular flexibility index (Phi) is 3.78. The number of hydrogen-bond donors (Lipinski definition) is 2. The minimum absolute atomic E-state index is 0.0589. The quantitative estimate of drug-likeness (QED) is 0.771. The van der Waals surface area contributed by atoms with Gasteiger partial charge in [-0.3, -0.25) is 4.79 Å². The van der Waals surface area contributed by atoms with Gasteiger partial charge in [0.1, 0.15) is 5.76 Å². The Balaban J connectivity index is 1.66. The molecule has 17 heavy (non-hydrogen) atoms. The van der Waals surface area contributed by atoms with E-state index in [2.05, 4.69) is 15.8 Å². The maximum atomic E-state index is 11.5. The molecule has 0 unspecified atom stereocenters. The summed E-state index contributed by atoms with van der Waals surface area (Å²) in [6, 6.07) is 0. The largest absolute Gasteiger partial charge is 0.361 e. The molecule has 1 heterocycles. The molecule has 2 rings (SSSR count). The topological polar surface area (TPSA) is 67.2 Å². The van der Waals surface area contributed by atoms with Gasteiger partial charge in [0.2, 0.25) is 5.91 Å². The number of hydrogen-bond acceptors (Lipinski definition) is 4. The molecule has 1 aromatic heterocycles. The molecule has 5 heteroatoms. The summed E-state index contributed by atoms with van der Waals surface area (Å²) in [7, 11) is 0. The molecule has 0 bridgehead atoms. The third kappa shape index (κ3) is 3.56. The Hall–Kier alpha value is -1.36. The third-order valence-electron chi connectivity index (χ3n) is 3.05. The molecule has 1 aromatic rings. The highest BCUT2D eigenvalue weighted by molar-refractivity contribution is 5.77. The lowest BCUT2D eigenvalue weighted by Gasteiger charge is -2.05. The summed E-state index contributed by atoms with van der Waals surface area (Å²) in [5.41, 5.74) is 1.92. The zero-order chi connectivity index (χ0) is 12.3. The van der Waals surface area contributed by atoms with Crippen molar-refractivity contribution in [3.63, 3.8) is 0 Å². The fraction of sp³-hybridized carbons (Fsp3) is 0.667. The first-order valence-corrected chi connectivity index (χ1v) is 6.06. The second-order valence-electron chi connectivity index (χ2n) is 4.65. The van der Waals surface area contributed by atoms with E-state index in [9.17, 15) is 4.79 Å². The van der Waals surface area contributed by atoms with Crippen molar-refractivity contribution in [1.82, 2.24) is 15.8 Å². The van der Waals surface area contributed by atoms with Crippen molar-refractivity contribution in [2.75, 3.05) is 13.1 Å². The molecule has 0 saturated heterocycles. The van der Waals surface area contributed by atoms with E-state index in [-0.39, 0.29) is 5.91 Å². The molecule has 5 nitrogen and oxygen atoms in total. The first-order chi connectivity index (χ1) is 8.16. The predicted octanol–water partition coefficient (Wildman–Crippen LogP) is 0.907. The highest BCUT2D eigenvalue weighted by atomic mass is 16.5. The molecule has 1 amide bonds. The van der Waals surface area contributed by atoms with Crippen molar-refractivity contribution in [2.24, 2.45) is 5.92 Å². The molecule has 94 valence electrons. The number of rotatable bonds is 6. The third-order valence-corrected chi connectivity index (χ3v) is 3.05. The van der Waals surface area contributed by atoms with Gasteiger partial charge >= 0.3 is 0 Å². The average molecular weight is 237 g/mol. The van der Waals surface area contributed by atoms with E-state index in [0.717, 1.165) is 29.5 Å². The summed E-state index contributed by atoms with van der Waals surface area (Å²) < 4.78 is 5.05. The van der Waals surface area contributed by atoms with Crippen LogP contribution in [-0.2, 0) is 11.3 Å². The summed E-state index contributed by atoms with van der Waals surface area (Å²) in [5.74, 6) is 1.60. The molecule has 1 fully saturated rings. The maximum absolute atomic E-state index is 11.5. The summed E-state index contributed by atoms with van der Waals surface area (Å²) in [4.78, 5) is 11.5. The number of carbonyl (C=O) groups is 1. The van der Waals surface area contributed by atoms with Gasteiger partial charge in [-0.05, 0) is 32.6 Å². The van der Waals surface area contributed by atoms with Crippen molar-refractivity contribution in [1.29, 1.82) is 0 Å². The molecule has 0 spiro atoms. The van der Waals surface area contributed by atoms with Gasteiger partial charge in [-0.15, -0.1) is 0 Å². The van der Waals surface area contributed by atoms with Crippen LogP contribution >= 0.6 is 0 Å². The Morgan fingerprint density at radius 3 is 2.82 bits per heavy atom. The van der Waals surface area contributed by atoms with Crippen molar-refractivity contribution >= 4 is 5.91 Å². The van der Waals surface area contributed by atoms with Crippen LogP contribution in [0.5, 0.6) is 0 Å². The minimum Gasteiger partial charge on any atom is -0.361 e. The summed E-state index contributed by atoms with van der Waals surface area (Å²) in [6.45, 7) is 5.57. The highest BCUT2D eigenvalue weighted by Gasteiger charge is 2.21. The van der Waals surface area contributed by atoms with Gasteiger partial charge in [0.05, 0.1) is 12.2 Å². The van der Waals surface area contributed by atoms with Crippen molar-refractivity contribution in [2.45, 2.75) is 33.2 Å². The fourth-order valence-electron chi connectivity index (χ4n) is 1.70. The van der Waals surface area contributed by atoms with Crippen LogP contribution in [0.2, 0.25) is 0 Å². The van der Waals surface area contributed by atoms with Gasteiger partial charge in [-0.1, -0.05) is 5.16 Å². The molecule has 0 atom stereocenters. The van der Waals surface area contributed by atoms with E-state index in [4.69, 9.17) is 4.52 Å². The zero-order valence-electron chi connectivity index (χ0n) is 10.4. The Morgan fingerprint density at radius 2 is 2.24 bits per heavy atom. The lowest BCUT2D eigenvalue weighted by Crippen LogP contribution is -2.34. The van der Waals surface area contributed by atoms with Gasteiger partial charge in [0, 0.05) is 18.7 Å². The molecule has 1 aliphatic carbocycles. The van der Waals surface area contributed by atoms with Crippen molar-refractivity contribution < 1.29 is 9.32 Å². The van der Waals surface area contributed by atoms with Crippen LogP contribution in [0.15, 0.2) is 4.52 Å². The van der Waals surface area contributed by atoms with E-state index in [1.54, 1.807) is 0 Å². The summed E-state index contributed by atoms with van der Waals surface area (Å²) in [5, 5.41) is 9.88. The predicted molar refractivity (Wildman–Crippen MR) is 63.4 cm³/mol. The molecule has 0 aromatic carbocycles. The molecule has 2 N–H and O–H groups in total. The van der Waals surface area contributed by atoms with Crippen LogP contribution in [0.4, 0.5) is 0 Å². The van der Waals surface area contributed by atoms with E-state index < -0.39 is 0 Å². The molecular weight excluding hydrogens is 218 g/mol. The summed E-state index contributed by atoms with van der Waals surface area (Å²) >= 11 is 0. The first-order valence-electron chi connectivity index (χ1n) is 6.06. The number of nitrogens with one attached hydrogen (secondary N) is 2. The normalized spacial score (nSPS) is 14.9. The SMILES string of the molecule is Cc1noc(C)c1CNCC(=O)NCC1CC1. The van der Waals surface area contributed by atoms with Crippen molar-refractivity contribution in [3.8, 4) is 0 Å². The second kappa shape index (κ2) is 5.31. The van der Waals surface area contributed by atoms with Crippen LogP contribution in [0.1, 0.15) is 29.9 Å². The number of amides is 1. The highest BCUT2D eigenvalue weighted by Crippen LogP contribution is 2.27. The molecule has 1 aliphatic rings. The summed E-state index contributed by atoms with van der Waals surface area (Å²) in [6.07, 6.45) is 2.51. The zero-order valence-corrected chi connectivity index (χ0v) is 10.4. The Bertz CT molecular complexity index is 377. The number of aryl methyl sites for hydroxylation is 2. The Morgan fingerprint density at radius 1 is 1.47 bits per heavy atom. The van der Waals surface area contributed by atoms with Gasteiger partial charge in [-0.25, -0.2) is 0 Å². The van der Waals surface area contributed by atoms with Crippen LogP contribution < -0.4 is 10.6 Å². The monoisotopic (exact) mass is 237 g/mol. The smallest absolute Gasteiger partial charge is 0.233 e. The number of nitrogens with zero attached hydrogens (tertiary/aromatic N) is 1.